The average Bonchev–Trinajstić information content (AvgIpc) is 2.45. The number of carbonyl (C=O) groups is 1. The van der Waals surface area contributed by atoms with Gasteiger partial charge in [-0.05, 0) is 39.7 Å². The molecule has 3 N–H and O–H groups in total. The molecule has 1 atom stereocenters. The first kappa shape index (κ1) is 21.6. The van der Waals surface area contributed by atoms with Crippen LogP contribution in [-0.2, 0) is 11.3 Å². The zero-order chi connectivity index (χ0) is 19.1. The number of hydrogen-bond acceptors (Lipinski definition) is 4. The third-order valence-electron chi connectivity index (χ3n) is 3.89. The Hall–Kier alpha value is -1.43. The van der Waals surface area contributed by atoms with Crippen molar-refractivity contribution < 1.29 is 9.90 Å². The molecule has 1 aromatic rings. The van der Waals surface area contributed by atoms with Crippen LogP contribution in [0.3, 0.4) is 0 Å². The van der Waals surface area contributed by atoms with Crippen LogP contribution < -0.4 is 10.7 Å². The molecule has 0 heterocycles. The molecule has 0 unspecified atom stereocenters. The monoisotopic (exact) mass is 349 g/mol. The lowest BCUT2D eigenvalue weighted by Crippen LogP contribution is -2.49. The Balaban J connectivity index is 2.56. The fraction of sp³-hybridized carbons (Fsp3) is 0.650. The Morgan fingerprint density at radius 1 is 1.16 bits per heavy atom. The summed E-state index contributed by atoms with van der Waals surface area (Å²) in [5.74, 6) is 0.0620. The van der Waals surface area contributed by atoms with E-state index in [1.165, 1.54) is 5.56 Å². The Bertz CT molecular complexity index is 521. The summed E-state index contributed by atoms with van der Waals surface area (Å²) in [6, 6.07) is 10.1. The fourth-order valence-electron chi connectivity index (χ4n) is 2.46. The molecule has 0 fully saturated rings. The normalized spacial score (nSPS) is 13.8. The zero-order valence-electron chi connectivity index (χ0n) is 16.6. The zero-order valence-corrected chi connectivity index (χ0v) is 16.6. The van der Waals surface area contributed by atoms with Crippen LogP contribution >= 0.6 is 0 Å². The molecule has 0 spiro atoms. The van der Waals surface area contributed by atoms with Crippen LogP contribution in [0.1, 0.15) is 53.5 Å². The summed E-state index contributed by atoms with van der Waals surface area (Å²) in [5, 5.41) is 14.8. The van der Waals surface area contributed by atoms with Crippen molar-refractivity contribution in [3.8, 4) is 0 Å². The van der Waals surface area contributed by atoms with Crippen molar-refractivity contribution in [2.75, 3.05) is 13.1 Å². The van der Waals surface area contributed by atoms with Crippen LogP contribution in [0.2, 0.25) is 0 Å². The summed E-state index contributed by atoms with van der Waals surface area (Å²) >= 11 is 0. The average molecular weight is 350 g/mol. The van der Waals surface area contributed by atoms with Gasteiger partial charge in [-0.15, -0.1) is 0 Å². The second-order valence-corrected chi connectivity index (χ2v) is 8.46. The number of aliphatic hydroxyl groups is 1. The minimum Gasteiger partial charge on any atom is -0.392 e. The number of aliphatic hydroxyl groups excluding tert-OH is 1. The van der Waals surface area contributed by atoms with Crippen LogP contribution in [0.5, 0.6) is 0 Å². The smallest absolute Gasteiger partial charge is 0.226 e. The Morgan fingerprint density at radius 3 is 2.28 bits per heavy atom. The molecule has 0 aliphatic heterocycles. The maximum atomic E-state index is 12.4. The van der Waals surface area contributed by atoms with Gasteiger partial charge >= 0.3 is 0 Å². The molecule has 0 radical (unpaired) electrons. The van der Waals surface area contributed by atoms with E-state index in [9.17, 15) is 9.90 Å². The van der Waals surface area contributed by atoms with E-state index in [0.29, 0.717) is 26.1 Å². The van der Waals surface area contributed by atoms with Gasteiger partial charge in [-0.2, -0.15) is 0 Å². The van der Waals surface area contributed by atoms with Gasteiger partial charge in [0.05, 0.1) is 6.10 Å². The van der Waals surface area contributed by atoms with Crippen molar-refractivity contribution in [1.29, 1.82) is 0 Å². The number of rotatable bonds is 9. The van der Waals surface area contributed by atoms with Crippen LogP contribution in [0.4, 0.5) is 0 Å². The van der Waals surface area contributed by atoms with E-state index in [-0.39, 0.29) is 11.4 Å². The van der Waals surface area contributed by atoms with Crippen LogP contribution in [0.25, 0.3) is 0 Å². The minimum absolute atomic E-state index is 0.0620. The predicted molar refractivity (Wildman–Crippen MR) is 103 cm³/mol. The molecule has 0 saturated carbocycles. The second-order valence-electron chi connectivity index (χ2n) is 8.46. The lowest BCUT2D eigenvalue weighted by atomic mass is 9.87. The summed E-state index contributed by atoms with van der Waals surface area (Å²) in [7, 11) is 0. The molecule has 0 aromatic heterocycles. The molecular weight excluding hydrogens is 314 g/mol. The van der Waals surface area contributed by atoms with Gasteiger partial charge < -0.3 is 10.4 Å². The summed E-state index contributed by atoms with van der Waals surface area (Å²) in [4.78, 5) is 12.4. The molecule has 5 heteroatoms. The fourth-order valence-corrected chi connectivity index (χ4v) is 2.46. The predicted octanol–water partition coefficient (Wildman–Crippen LogP) is 2.71. The number of hydrogen-bond donors (Lipinski definition) is 3. The van der Waals surface area contributed by atoms with Gasteiger partial charge in [0.15, 0.2) is 0 Å². The first-order chi connectivity index (χ1) is 11.5. The number of carbonyl (C=O) groups excluding carboxylic acids is 1. The molecule has 0 bridgehead atoms. The molecule has 5 nitrogen and oxygen atoms in total. The number of benzene rings is 1. The molecular formula is C20H35N3O2. The van der Waals surface area contributed by atoms with Gasteiger partial charge in [-0.3, -0.25) is 10.2 Å². The van der Waals surface area contributed by atoms with E-state index in [1.54, 1.807) is 6.92 Å². The standard InChI is InChI=1S/C20H35N3O2/c1-16(24)14-23(15-17-10-8-7-9-11-17)21-13-12-20(5,6)18(25)22-19(2,3)4/h7-11,16,21,24H,12-15H2,1-6H3,(H,22,25)/t16-/m1/s1. The number of nitrogens with one attached hydrogen (secondary N) is 2. The van der Waals surface area contributed by atoms with E-state index in [1.807, 2.05) is 57.8 Å². The minimum atomic E-state index is -0.455. The third kappa shape index (κ3) is 9.00. The Morgan fingerprint density at radius 2 is 1.76 bits per heavy atom. The molecule has 0 aliphatic carbocycles. The van der Waals surface area contributed by atoms with Crippen molar-refractivity contribution in [2.24, 2.45) is 5.41 Å². The summed E-state index contributed by atoms with van der Waals surface area (Å²) < 4.78 is 0. The SMILES string of the molecule is C[C@@H](O)CN(Cc1ccccc1)NCCC(C)(C)C(=O)NC(C)(C)C. The second kappa shape index (κ2) is 9.32. The van der Waals surface area contributed by atoms with Crippen molar-refractivity contribution >= 4 is 5.91 Å². The summed E-state index contributed by atoms with van der Waals surface area (Å²) in [6.07, 6.45) is 0.286. The number of amides is 1. The molecule has 1 amide bonds. The van der Waals surface area contributed by atoms with E-state index >= 15 is 0 Å². The molecule has 25 heavy (non-hydrogen) atoms. The van der Waals surface area contributed by atoms with Gasteiger partial charge in [0.2, 0.25) is 5.91 Å². The van der Waals surface area contributed by atoms with Gasteiger partial charge in [0.1, 0.15) is 0 Å². The highest BCUT2D eigenvalue weighted by Crippen LogP contribution is 2.21. The molecule has 0 aliphatic rings. The van der Waals surface area contributed by atoms with Crippen LogP contribution in [0.15, 0.2) is 30.3 Å². The van der Waals surface area contributed by atoms with E-state index in [2.05, 4.69) is 22.9 Å². The lowest BCUT2D eigenvalue weighted by Gasteiger charge is -2.31. The van der Waals surface area contributed by atoms with Crippen molar-refractivity contribution in [1.82, 2.24) is 15.8 Å². The van der Waals surface area contributed by atoms with Gasteiger partial charge in [-0.1, -0.05) is 44.2 Å². The number of nitrogens with zero attached hydrogens (tertiary/aromatic N) is 1. The maximum Gasteiger partial charge on any atom is 0.226 e. The number of hydrazine groups is 1. The highest BCUT2D eigenvalue weighted by Gasteiger charge is 2.30. The van der Waals surface area contributed by atoms with Crippen molar-refractivity contribution in [3.05, 3.63) is 35.9 Å². The third-order valence-corrected chi connectivity index (χ3v) is 3.89. The highest BCUT2D eigenvalue weighted by molar-refractivity contribution is 5.82. The first-order valence-corrected chi connectivity index (χ1v) is 9.03. The summed E-state index contributed by atoms with van der Waals surface area (Å²) in [6.45, 7) is 13.6. The molecule has 0 saturated heterocycles. The molecule has 1 aromatic carbocycles. The van der Waals surface area contributed by atoms with Gasteiger partial charge in [0.25, 0.3) is 0 Å². The van der Waals surface area contributed by atoms with E-state index < -0.39 is 11.5 Å². The summed E-state index contributed by atoms with van der Waals surface area (Å²) in [5.41, 5.74) is 3.86. The van der Waals surface area contributed by atoms with E-state index in [4.69, 9.17) is 0 Å². The molecule has 1 rings (SSSR count). The Kier molecular flexibility index (Phi) is 8.06. The lowest BCUT2D eigenvalue weighted by molar-refractivity contribution is -0.131. The highest BCUT2D eigenvalue weighted by atomic mass is 16.3. The van der Waals surface area contributed by atoms with E-state index in [0.717, 1.165) is 0 Å². The topological polar surface area (TPSA) is 64.6 Å². The quantitative estimate of drug-likeness (QED) is 0.600. The molecule has 142 valence electrons. The van der Waals surface area contributed by atoms with Gasteiger partial charge in [0, 0.05) is 30.6 Å². The van der Waals surface area contributed by atoms with Crippen molar-refractivity contribution in [2.45, 2.75) is 66.2 Å². The van der Waals surface area contributed by atoms with Crippen molar-refractivity contribution in [3.63, 3.8) is 0 Å². The largest absolute Gasteiger partial charge is 0.392 e. The first-order valence-electron chi connectivity index (χ1n) is 9.03. The van der Waals surface area contributed by atoms with Crippen LogP contribution in [0, 0.1) is 5.41 Å². The maximum absolute atomic E-state index is 12.4. The van der Waals surface area contributed by atoms with Crippen LogP contribution in [-0.4, -0.2) is 40.8 Å². The van der Waals surface area contributed by atoms with Gasteiger partial charge in [-0.25, -0.2) is 5.01 Å². The Labute approximate surface area is 152 Å².